The zero-order chi connectivity index (χ0) is 16.6. The molecule has 0 radical (unpaired) electrons. The first-order chi connectivity index (χ1) is 11.0. The molecule has 0 aliphatic carbocycles. The fourth-order valence-corrected chi connectivity index (χ4v) is 2.75. The Morgan fingerprint density at radius 3 is 2.61 bits per heavy atom. The van der Waals surface area contributed by atoms with Crippen LogP contribution < -0.4 is 0 Å². The highest BCUT2D eigenvalue weighted by molar-refractivity contribution is 6.06. The van der Waals surface area contributed by atoms with Crippen LogP contribution in [0.15, 0.2) is 24.5 Å². The first-order valence-electron chi connectivity index (χ1n) is 7.49. The number of benzene rings is 1. The van der Waals surface area contributed by atoms with E-state index >= 15 is 0 Å². The molecule has 0 unspecified atom stereocenters. The van der Waals surface area contributed by atoms with E-state index in [4.69, 9.17) is 5.11 Å². The Morgan fingerprint density at radius 2 is 2.04 bits per heavy atom. The van der Waals surface area contributed by atoms with Gasteiger partial charge in [-0.25, -0.2) is 0 Å². The third kappa shape index (κ3) is 2.61. The van der Waals surface area contributed by atoms with E-state index in [-0.39, 0.29) is 12.4 Å². The second kappa shape index (κ2) is 5.89. The van der Waals surface area contributed by atoms with Crippen molar-refractivity contribution in [2.24, 2.45) is 0 Å². The number of hydrogen-bond donors (Lipinski definition) is 1. The maximum atomic E-state index is 11.9. The summed E-state index contributed by atoms with van der Waals surface area (Å²) in [7, 11) is 0. The van der Waals surface area contributed by atoms with Gasteiger partial charge in [0.15, 0.2) is 5.78 Å². The van der Waals surface area contributed by atoms with E-state index in [1.54, 1.807) is 12.4 Å². The van der Waals surface area contributed by atoms with Crippen molar-refractivity contribution < 1.29 is 9.90 Å². The molecule has 0 spiro atoms. The van der Waals surface area contributed by atoms with Crippen molar-refractivity contribution in [1.82, 2.24) is 19.7 Å². The molecule has 0 saturated carbocycles. The summed E-state index contributed by atoms with van der Waals surface area (Å²) < 4.78 is 1.85. The van der Waals surface area contributed by atoms with Gasteiger partial charge in [-0.1, -0.05) is 0 Å². The maximum Gasteiger partial charge on any atom is 0.180 e. The van der Waals surface area contributed by atoms with Crippen LogP contribution >= 0.6 is 0 Å². The number of carbonyl (C=O) groups excluding carboxylic acids is 1. The van der Waals surface area contributed by atoms with Gasteiger partial charge in [0.2, 0.25) is 0 Å². The number of aryl methyl sites for hydroxylation is 2. The average Bonchev–Trinajstić information content (AvgIpc) is 2.94. The summed E-state index contributed by atoms with van der Waals surface area (Å²) in [5, 5.41) is 14.3. The highest BCUT2D eigenvalue weighted by Gasteiger charge is 2.17. The molecule has 0 bridgehead atoms. The maximum absolute atomic E-state index is 11.9. The number of aromatic nitrogens is 4. The van der Waals surface area contributed by atoms with Crippen molar-refractivity contribution in [3.8, 4) is 11.3 Å². The van der Waals surface area contributed by atoms with Crippen molar-refractivity contribution in [1.29, 1.82) is 0 Å². The summed E-state index contributed by atoms with van der Waals surface area (Å²) in [4.78, 5) is 20.4. The quantitative estimate of drug-likeness (QED) is 0.749. The van der Waals surface area contributed by atoms with Gasteiger partial charge in [0.25, 0.3) is 0 Å². The molecule has 3 rings (SSSR count). The van der Waals surface area contributed by atoms with Crippen LogP contribution in [-0.4, -0.2) is 30.6 Å². The highest BCUT2D eigenvalue weighted by atomic mass is 16.3. The normalized spacial score (nSPS) is 11.1. The van der Waals surface area contributed by atoms with Gasteiger partial charge in [0.05, 0.1) is 35.9 Å². The van der Waals surface area contributed by atoms with Crippen molar-refractivity contribution in [3.05, 3.63) is 41.5 Å². The number of ketones is 1. The summed E-state index contributed by atoms with van der Waals surface area (Å²) >= 11 is 0. The van der Waals surface area contributed by atoms with E-state index in [1.807, 2.05) is 30.7 Å². The van der Waals surface area contributed by atoms with E-state index in [1.165, 1.54) is 6.92 Å². The number of hydrogen-bond acceptors (Lipinski definition) is 5. The van der Waals surface area contributed by atoms with E-state index in [0.29, 0.717) is 23.6 Å². The summed E-state index contributed by atoms with van der Waals surface area (Å²) in [5.74, 6) is -0.0551. The van der Waals surface area contributed by atoms with Crippen LogP contribution in [0.2, 0.25) is 0 Å². The molecule has 1 N–H and O–H groups in total. The number of Topliss-reactive ketones (excluding diaryl/α,β-unsaturated/α-hetero) is 1. The molecule has 0 fully saturated rings. The van der Waals surface area contributed by atoms with Crippen LogP contribution in [0, 0.1) is 6.92 Å². The molecule has 118 valence electrons. The Kier molecular flexibility index (Phi) is 3.92. The molecule has 0 atom stereocenters. The SMILES string of the molecule is CCn1nc(C(C)=O)c2cc(-c3cnc(CO)cn3)cc(C)c21. The Bertz CT molecular complexity index is 882. The lowest BCUT2D eigenvalue weighted by Crippen LogP contribution is -1.99. The fourth-order valence-electron chi connectivity index (χ4n) is 2.75. The highest BCUT2D eigenvalue weighted by Crippen LogP contribution is 2.29. The van der Waals surface area contributed by atoms with E-state index in [2.05, 4.69) is 15.1 Å². The standard InChI is InChI=1S/C17H18N4O2/c1-4-21-17-10(2)5-12(6-14(17)16(20-21)11(3)23)15-8-18-13(9-22)7-19-15/h5-8,22H,4,9H2,1-3H3. The molecule has 0 saturated heterocycles. The minimum atomic E-state index is -0.136. The monoisotopic (exact) mass is 310 g/mol. The summed E-state index contributed by atoms with van der Waals surface area (Å²) in [5.41, 5.74) is 4.59. The first-order valence-corrected chi connectivity index (χ1v) is 7.49. The van der Waals surface area contributed by atoms with E-state index in [0.717, 1.165) is 22.0 Å². The minimum absolute atomic E-state index is 0.0551. The largest absolute Gasteiger partial charge is 0.390 e. The Morgan fingerprint density at radius 1 is 1.26 bits per heavy atom. The van der Waals surface area contributed by atoms with Crippen molar-refractivity contribution in [2.45, 2.75) is 33.9 Å². The predicted molar refractivity (Wildman–Crippen MR) is 87.1 cm³/mol. The second-order valence-electron chi connectivity index (χ2n) is 5.46. The number of aliphatic hydroxyl groups is 1. The predicted octanol–water partition coefficient (Wildman–Crippen LogP) is 2.52. The molecule has 2 aromatic heterocycles. The lowest BCUT2D eigenvalue weighted by atomic mass is 10.0. The van der Waals surface area contributed by atoms with Gasteiger partial charge in [-0.3, -0.25) is 19.4 Å². The second-order valence-corrected chi connectivity index (χ2v) is 5.46. The lowest BCUT2D eigenvalue weighted by molar-refractivity contribution is 0.101. The Labute approximate surface area is 133 Å². The molecule has 1 aromatic carbocycles. The van der Waals surface area contributed by atoms with Gasteiger partial charge < -0.3 is 5.11 Å². The van der Waals surface area contributed by atoms with Crippen LogP contribution in [0.25, 0.3) is 22.2 Å². The molecule has 0 amide bonds. The van der Waals surface area contributed by atoms with Crippen LogP contribution in [-0.2, 0) is 13.2 Å². The van der Waals surface area contributed by atoms with Gasteiger partial charge in [-0.2, -0.15) is 5.10 Å². The number of carbonyl (C=O) groups is 1. The molecule has 2 heterocycles. The van der Waals surface area contributed by atoms with Gasteiger partial charge in [0.1, 0.15) is 5.69 Å². The molecular formula is C17H18N4O2. The van der Waals surface area contributed by atoms with Crippen LogP contribution in [0.4, 0.5) is 0 Å². The third-order valence-electron chi connectivity index (χ3n) is 3.83. The van der Waals surface area contributed by atoms with E-state index < -0.39 is 0 Å². The molecule has 6 heteroatoms. The minimum Gasteiger partial charge on any atom is -0.390 e. The van der Waals surface area contributed by atoms with Crippen LogP contribution in [0.5, 0.6) is 0 Å². The van der Waals surface area contributed by atoms with Gasteiger partial charge >= 0.3 is 0 Å². The molecule has 23 heavy (non-hydrogen) atoms. The average molecular weight is 310 g/mol. The van der Waals surface area contributed by atoms with Crippen LogP contribution in [0.1, 0.15) is 35.6 Å². The number of aliphatic hydroxyl groups excluding tert-OH is 1. The molecule has 0 aliphatic rings. The van der Waals surface area contributed by atoms with Crippen molar-refractivity contribution in [3.63, 3.8) is 0 Å². The van der Waals surface area contributed by atoms with Crippen LogP contribution in [0.3, 0.4) is 0 Å². The van der Waals surface area contributed by atoms with E-state index in [9.17, 15) is 4.79 Å². The summed E-state index contributed by atoms with van der Waals surface area (Å²) in [6.45, 7) is 6.10. The third-order valence-corrected chi connectivity index (χ3v) is 3.83. The summed E-state index contributed by atoms with van der Waals surface area (Å²) in [6, 6.07) is 3.95. The Balaban J connectivity index is 2.23. The van der Waals surface area contributed by atoms with Gasteiger partial charge in [-0.05, 0) is 31.5 Å². The smallest absolute Gasteiger partial charge is 0.180 e. The number of fused-ring (bicyclic) bond motifs is 1. The number of rotatable bonds is 4. The Hall–Kier alpha value is -2.60. The molecule has 0 aliphatic heterocycles. The lowest BCUT2D eigenvalue weighted by Gasteiger charge is -2.06. The zero-order valence-electron chi connectivity index (χ0n) is 13.4. The number of nitrogens with zero attached hydrogens (tertiary/aromatic N) is 4. The fraction of sp³-hybridized carbons (Fsp3) is 0.294. The topological polar surface area (TPSA) is 80.9 Å². The zero-order valence-corrected chi connectivity index (χ0v) is 13.4. The van der Waals surface area contributed by atoms with Gasteiger partial charge in [-0.15, -0.1) is 0 Å². The van der Waals surface area contributed by atoms with Crippen molar-refractivity contribution >= 4 is 16.7 Å². The summed E-state index contributed by atoms with van der Waals surface area (Å²) in [6.07, 6.45) is 3.18. The first kappa shape index (κ1) is 15.3. The van der Waals surface area contributed by atoms with Crippen molar-refractivity contribution in [2.75, 3.05) is 0 Å². The molecule has 6 nitrogen and oxygen atoms in total. The van der Waals surface area contributed by atoms with Gasteiger partial charge in [0, 0.05) is 24.4 Å². The molecular weight excluding hydrogens is 292 g/mol. The molecule has 3 aromatic rings.